The largest absolute Gasteiger partial charge is 0.478 e. The Labute approximate surface area is 180 Å². The van der Waals surface area contributed by atoms with Crippen molar-refractivity contribution in [2.45, 2.75) is 13.0 Å². The van der Waals surface area contributed by atoms with Crippen LogP contribution in [0.5, 0.6) is 5.75 Å². The number of nitrogens with zero attached hydrogens (tertiary/aromatic N) is 1. The lowest BCUT2D eigenvalue weighted by Gasteiger charge is -2.29. The molecular formula is C20H16BrN3O4S. The zero-order chi connectivity index (χ0) is 21.0. The number of carboxylic acid groups (broad SMARTS) is 1. The van der Waals surface area contributed by atoms with Crippen molar-refractivity contribution in [3.8, 4) is 5.75 Å². The van der Waals surface area contributed by atoms with E-state index in [0.717, 1.165) is 5.56 Å². The average molecular weight is 474 g/mol. The molecule has 0 bridgehead atoms. The molecule has 1 atom stereocenters. The molecule has 1 aromatic carbocycles. The smallest absolute Gasteiger partial charge is 0.336 e. The summed E-state index contributed by atoms with van der Waals surface area (Å²) in [5.74, 6) is -1.28. The first-order valence-corrected chi connectivity index (χ1v) is 9.66. The van der Waals surface area contributed by atoms with Gasteiger partial charge in [-0.3, -0.25) is 4.98 Å². The van der Waals surface area contributed by atoms with Crippen LogP contribution < -0.4 is 15.4 Å². The first-order valence-electron chi connectivity index (χ1n) is 8.46. The highest BCUT2D eigenvalue weighted by Crippen LogP contribution is 2.33. The molecule has 1 aromatic heterocycles. The van der Waals surface area contributed by atoms with Gasteiger partial charge in [-0.25, -0.2) is 9.59 Å². The lowest BCUT2D eigenvalue weighted by molar-refractivity contribution is -0.133. The molecular weight excluding hydrogens is 458 g/mol. The van der Waals surface area contributed by atoms with E-state index in [1.807, 2.05) is 0 Å². The Hall–Kier alpha value is -3.04. The van der Waals surface area contributed by atoms with E-state index in [9.17, 15) is 14.7 Å². The molecule has 3 N–H and O–H groups in total. The molecule has 3 rings (SSSR count). The van der Waals surface area contributed by atoms with Crippen molar-refractivity contribution >= 4 is 51.3 Å². The van der Waals surface area contributed by atoms with Crippen LogP contribution in [0.4, 0.5) is 0 Å². The van der Waals surface area contributed by atoms with Crippen LogP contribution >= 0.6 is 28.1 Å². The summed E-state index contributed by atoms with van der Waals surface area (Å²) in [5, 5.41) is 15.7. The van der Waals surface area contributed by atoms with Gasteiger partial charge < -0.3 is 20.5 Å². The van der Waals surface area contributed by atoms with Crippen LogP contribution in [0.1, 0.15) is 24.1 Å². The standard InChI is InChI=1S/C20H16BrN3O4S/c1-11-17(19(26)27)18(24-20(29)23-11)13-3-4-15(14(21)10-13)28-16(25)5-2-12-6-8-22-9-7-12/h2-10,18H,1H3,(H,26,27)(H2,23,24,29). The van der Waals surface area contributed by atoms with E-state index in [1.165, 1.54) is 6.08 Å². The number of rotatable bonds is 5. The molecule has 148 valence electrons. The molecule has 7 nitrogen and oxygen atoms in total. The fourth-order valence-corrected chi connectivity index (χ4v) is 3.54. The number of esters is 1. The Morgan fingerprint density at radius 1 is 1.28 bits per heavy atom. The fourth-order valence-electron chi connectivity index (χ4n) is 2.79. The Morgan fingerprint density at radius 2 is 2.00 bits per heavy atom. The van der Waals surface area contributed by atoms with Crippen LogP contribution in [0.25, 0.3) is 6.08 Å². The van der Waals surface area contributed by atoms with Crippen LogP contribution in [0, 0.1) is 0 Å². The van der Waals surface area contributed by atoms with E-state index >= 15 is 0 Å². The zero-order valence-corrected chi connectivity index (χ0v) is 17.6. The highest BCUT2D eigenvalue weighted by molar-refractivity contribution is 9.10. The maximum Gasteiger partial charge on any atom is 0.336 e. The van der Waals surface area contributed by atoms with Gasteiger partial charge in [0, 0.05) is 24.2 Å². The number of thiocarbonyl (C=S) groups is 1. The van der Waals surface area contributed by atoms with Gasteiger partial charge in [-0.15, -0.1) is 0 Å². The Kier molecular flexibility index (Phi) is 6.40. The topological polar surface area (TPSA) is 101 Å². The number of carbonyl (C=O) groups is 2. The summed E-state index contributed by atoms with van der Waals surface area (Å²) in [6.45, 7) is 1.66. The number of allylic oxidation sites excluding steroid dienone is 1. The normalized spacial score (nSPS) is 16.3. The van der Waals surface area contributed by atoms with E-state index < -0.39 is 18.0 Å². The van der Waals surface area contributed by atoms with Crippen LogP contribution in [0.3, 0.4) is 0 Å². The molecule has 0 radical (unpaired) electrons. The molecule has 1 aliphatic heterocycles. The van der Waals surface area contributed by atoms with Crippen LogP contribution in [-0.4, -0.2) is 27.1 Å². The SMILES string of the molecule is CC1=C(C(=O)O)C(c2ccc(OC(=O)C=Cc3ccncc3)c(Br)c2)NC(=S)N1. The maximum atomic E-state index is 12.1. The Bertz CT molecular complexity index is 1040. The number of benzene rings is 1. The molecule has 0 saturated carbocycles. The van der Waals surface area contributed by atoms with E-state index in [4.69, 9.17) is 17.0 Å². The van der Waals surface area contributed by atoms with Gasteiger partial charge in [-0.2, -0.15) is 0 Å². The second kappa shape index (κ2) is 8.97. The molecule has 0 saturated heterocycles. The number of hydrogen-bond acceptors (Lipinski definition) is 5. The minimum Gasteiger partial charge on any atom is -0.478 e. The summed E-state index contributed by atoms with van der Waals surface area (Å²) in [5.41, 5.74) is 2.11. The molecule has 0 amide bonds. The average Bonchev–Trinajstić information content (AvgIpc) is 2.67. The van der Waals surface area contributed by atoms with Crippen LogP contribution in [0.2, 0.25) is 0 Å². The molecule has 29 heavy (non-hydrogen) atoms. The Balaban J connectivity index is 1.79. The summed E-state index contributed by atoms with van der Waals surface area (Å²) < 4.78 is 5.86. The van der Waals surface area contributed by atoms with Gasteiger partial charge in [0.05, 0.1) is 16.1 Å². The van der Waals surface area contributed by atoms with Crippen LogP contribution in [0.15, 0.2) is 64.5 Å². The number of pyridine rings is 1. The number of carboxylic acids is 1. The second-order valence-electron chi connectivity index (χ2n) is 6.10. The van der Waals surface area contributed by atoms with Crippen molar-refractivity contribution in [1.29, 1.82) is 0 Å². The molecule has 1 unspecified atom stereocenters. The van der Waals surface area contributed by atoms with Gasteiger partial charge in [0.1, 0.15) is 5.75 Å². The molecule has 2 aromatic rings. The Morgan fingerprint density at radius 3 is 2.66 bits per heavy atom. The monoisotopic (exact) mass is 473 g/mol. The third kappa shape index (κ3) is 5.07. The predicted octanol–water partition coefficient (Wildman–Crippen LogP) is 3.34. The summed E-state index contributed by atoms with van der Waals surface area (Å²) in [7, 11) is 0. The van der Waals surface area contributed by atoms with E-state index in [0.29, 0.717) is 26.6 Å². The van der Waals surface area contributed by atoms with Crippen molar-refractivity contribution in [1.82, 2.24) is 15.6 Å². The van der Waals surface area contributed by atoms with Gasteiger partial charge in [0.2, 0.25) is 0 Å². The first-order chi connectivity index (χ1) is 13.8. The van der Waals surface area contributed by atoms with Crippen molar-refractivity contribution in [2.75, 3.05) is 0 Å². The van der Waals surface area contributed by atoms with Crippen molar-refractivity contribution in [3.05, 3.63) is 75.7 Å². The first kappa shape index (κ1) is 20.7. The highest BCUT2D eigenvalue weighted by atomic mass is 79.9. The number of nitrogens with one attached hydrogen (secondary N) is 2. The van der Waals surface area contributed by atoms with Crippen molar-refractivity contribution in [3.63, 3.8) is 0 Å². The molecule has 1 aliphatic rings. The van der Waals surface area contributed by atoms with Gasteiger partial charge >= 0.3 is 11.9 Å². The third-order valence-electron chi connectivity index (χ3n) is 4.12. The number of hydrogen-bond donors (Lipinski definition) is 3. The number of halogens is 1. The van der Waals surface area contributed by atoms with Crippen molar-refractivity contribution < 1.29 is 19.4 Å². The summed E-state index contributed by atoms with van der Waals surface area (Å²) >= 11 is 8.52. The summed E-state index contributed by atoms with van der Waals surface area (Å²) in [4.78, 5) is 27.7. The lowest BCUT2D eigenvalue weighted by atomic mass is 9.96. The zero-order valence-electron chi connectivity index (χ0n) is 15.2. The fraction of sp³-hybridized carbons (Fsp3) is 0.100. The number of aliphatic carboxylic acids is 1. The van der Waals surface area contributed by atoms with Crippen LogP contribution in [-0.2, 0) is 9.59 Å². The molecule has 0 aliphatic carbocycles. The van der Waals surface area contributed by atoms with E-state index in [1.54, 1.807) is 55.7 Å². The second-order valence-corrected chi connectivity index (χ2v) is 7.36. The molecule has 0 spiro atoms. The lowest BCUT2D eigenvalue weighted by Crippen LogP contribution is -2.44. The predicted molar refractivity (Wildman–Crippen MR) is 115 cm³/mol. The minimum absolute atomic E-state index is 0.163. The van der Waals surface area contributed by atoms with Gasteiger partial charge in [0.25, 0.3) is 0 Å². The molecule has 9 heteroatoms. The number of carbonyl (C=O) groups excluding carboxylic acids is 1. The number of aromatic nitrogens is 1. The van der Waals surface area contributed by atoms with Crippen molar-refractivity contribution in [2.24, 2.45) is 0 Å². The quantitative estimate of drug-likeness (QED) is 0.263. The van der Waals surface area contributed by atoms with Gasteiger partial charge in [-0.05, 0) is 76.5 Å². The summed E-state index contributed by atoms with van der Waals surface area (Å²) in [6, 6.07) is 7.87. The summed E-state index contributed by atoms with van der Waals surface area (Å²) in [6.07, 6.45) is 6.20. The van der Waals surface area contributed by atoms with E-state index in [-0.39, 0.29) is 5.57 Å². The molecule has 2 heterocycles. The minimum atomic E-state index is -1.05. The highest BCUT2D eigenvalue weighted by Gasteiger charge is 2.30. The third-order valence-corrected chi connectivity index (χ3v) is 4.96. The van der Waals surface area contributed by atoms with E-state index in [2.05, 4.69) is 31.5 Å². The maximum absolute atomic E-state index is 12.1. The molecule has 0 fully saturated rings. The van der Waals surface area contributed by atoms with Gasteiger partial charge in [-0.1, -0.05) is 6.07 Å². The number of ether oxygens (including phenoxy) is 1. The van der Waals surface area contributed by atoms with Gasteiger partial charge in [0.15, 0.2) is 5.11 Å².